The van der Waals surface area contributed by atoms with Gasteiger partial charge in [0.05, 0.1) is 14.2 Å². The van der Waals surface area contributed by atoms with Crippen LogP contribution in [-0.4, -0.2) is 62.7 Å². The van der Waals surface area contributed by atoms with Gasteiger partial charge in [-0.05, 0) is 38.2 Å². The molecule has 1 heterocycles. The van der Waals surface area contributed by atoms with Gasteiger partial charge in [0, 0.05) is 37.3 Å². The maximum Gasteiger partial charge on any atom is 0.246 e. The van der Waals surface area contributed by atoms with Crippen LogP contribution in [0.15, 0.2) is 24.3 Å². The number of amides is 1. The molecule has 0 N–H and O–H groups in total. The van der Waals surface area contributed by atoms with E-state index in [1.165, 1.54) is 0 Å². The van der Waals surface area contributed by atoms with Crippen molar-refractivity contribution in [2.75, 3.05) is 40.9 Å². The first-order chi connectivity index (χ1) is 10.5. The zero-order valence-corrected chi connectivity index (χ0v) is 13.7. The Kier molecular flexibility index (Phi) is 5.44. The first-order valence-electron chi connectivity index (χ1n) is 7.44. The lowest BCUT2D eigenvalue weighted by molar-refractivity contribution is -0.130. The Hall–Kier alpha value is -2.01. The number of likely N-dealkylation sites (N-methyl/N-ethyl adjacent to an activating group) is 1. The summed E-state index contributed by atoms with van der Waals surface area (Å²) in [6.45, 7) is 4.65. The molecule has 22 heavy (non-hydrogen) atoms. The highest BCUT2D eigenvalue weighted by molar-refractivity contribution is 5.92. The summed E-state index contributed by atoms with van der Waals surface area (Å²) in [7, 11) is 5.31. The van der Waals surface area contributed by atoms with E-state index in [1.807, 2.05) is 23.1 Å². The number of ether oxygens (including phenoxy) is 2. The van der Waals surface area contributed by atoms with Crippen molar-refractivity contribution in [2.45, 2.75) is 13.0 Å². The summed E-state index contributed by atoms with van der Waals surface area (Å²) in [5, 5.41) is 0. The maximum atomic E-state index is 12.4. The highest BCUT2D eigenvalue weighted by atomic mass is 16.5. The summed E-state index contributed by atoms with van der Waals surface area (Å²) in [6.07, 6.45) is 3.40. The summed E-state index contributed by atoms with van der Waals surface area (Å²) < 4.78 is 10.5. The fourth-order valence-corrected chi connectivity index (χ4v) is 2.69. The average molecular weight is 304 g/mol. The van der Waals surface area contributed by atoms with Gasteiger partial charge in [-0.3, -0.25) is 4.79 Å². The van der Waals surface area contributed by atoms with Crippen LogP contribution in [0.3, 0.4) is 0 Å². The molecule has 5 nitrogen and oxygen atoms in total. The van der Waals surface area contributed by atoms with E-state index in [4.69, 9.17) is 9.47 Å². The molecule has 1 saturated heterocycles. The van der Waals surface area contributed by atoms with Crippen molar-refractivity contribution in [3.63, 3.8) is 0 Å². The smallest absolute Gasteiger partial charge is 0.246 e. The Labute approximate surface area is 132 Å². The van der Waals surface area contributed by atoms with Crippen molar-refractivity contribution in [1.82, 2.24) is 9.80 Å². The largest absolute Gasteiger partial charge is 0.497 e. The monoisotopic (exact) mass is 304 g/mol. The second kappa shape index (κ2) is 7.31. The summed E-state index contributed by atoms with van der Waals surface area (Å²) in [4.78, 5) is 16.5. The third kappa shape index (κ3) is 3.80. The molecule has 2 rings (SSSR count). The molecule has 0 radical (unpaired) electrons. The Morgan fingerprint density at radius 2 is 2.05 bits per heavy atom. The lowest BCUT2D eigenvalue weighted by atomic mass is 10.1. The summed E-state index contributed by atoms with van der Waals surface area (Å²) >= 11 is 0. The van der Waals surface area contributed by atoms with Gasteiger partial charge in [-0.2, -0.15) is 0 Å². The summed E-state index contributed by atoms with van der Waals surface area (Å²) in [6, 6.07) is 5.75. The lowest BCUT2D eigenvalue weighted by Crippen LogP contribution is -2.52. The van der Waals surface area contributed by atoms with E-state index >= 15 is 0 Å². The topological polar surface area (TPSA) is 42.0 Å². The summed E-state index contributed by atoms with van der Waals surface area (Å²) in [5.41, 5.74) is 0.831. The molecule has 1 fully saturated rings. The molecule has 0 spiro atoms. The molecule has 0 aromatic heterocycles. The minimum atomic E-state index is 0.0328. The molecule has 0 saturated carbocycles. The first kappa shape index (κ1) is 16.4. The minimum Gasteiger partial charge on any atom is -0.497 e. The molecule has 0 bridgehead atoms. The maximum absolute atomic E-state index is 12.4. The molecule has 1 aromatic rings. The van der Waals surface area contributed by atoms with Crippen LogP contribution in [0, 0.1) is 0 Å². The standard InChI is InChI=1S/C17H24N2O3/c1-13-12-18(2)9-10-19(13)17(20)8-5-14-11-15(21-3)6-7-16(14)22-4/h5-8,11,13H,9-10,12H2,1-4H3. The van der Waals surface area contributed by atoms with Crippen LogP contribution in [0.25, 0.3) is 6.08 Å². The average Bonchev–Trinajstić information content (AvgIpc) is 2.52. The van der Waals surface area contributed by atoms with Crippen molar-refractivity contribution in [3.05, 3.63) is 29.8 Å². The zero-order chi connectivity index (χ0) is 16.1. The fourth-order valence-electron chi connectivity index (χ4n) is 2.69. The van der Waals surface area contributed by atoms with Crippen LogP contribution in [0.4, 0.5) is 0 Å². The van der Waals surface area contributed by atoms with Crippen LogP contribution in [0.5, 0.6) is 11.5 Å². The minimum absolute atomic E-state index is 0.0328. The van der Waals surface area contributed by atoms with E-state index in [2.05, 4.69) is 18.9 Å². The molecular formula is C17H24N2O3. The van der Waals surface area contributed by atoms with E-state index in [9.17, 15) is 4.79 Å². The number of nitrogens with zero attached hydrogens (tertiary/aromatic N) is 2. The predicted octanol–water partition coefficient (Wildman–Crippen LogP) is 1.88. The molecule has 120 valence electrons. The van der Waals surface area contributed by atoms with Crippen LogP contribution in [0.1, 0.15) is 12.5 Å². The number of piperazine rings is 1. The quantitative estimate of drug-likeness (QED) is 0.797. The third-order valence-corrected chi connectivity index (χ3v) is 3.96. The van der Waals surface area contributed by atoms with E-state index in [0.717, 1.165) is 36.7 Å². The Bertz CT molecular complexity index is 557. The van der Waals surface area contributed by atoms with Crippen LogP contribution >= 0.6 is 0 Å². The molecule has 1 aliphatic heterocycles. The van der Waals surface area contributed by atoms with Gasteiger partial charge in [0.1, 0.15) is 11.5 Å². The van der Waals surface area contributed by atoms with Crippen molar-refractivity contribution >= 4 is 12.0 Å². The van der Waals surface area contributed by atoms with Gasteiger partial charge in [0.2, 0.25) is 5.91 Å². The highest BCUT2D eigenvalue weighted by Gasteiger charge is 2.24. The van der Waals surface area contributed by atoms with Gasteiger partial charge < -0.3 is 19.3 Å². The molecule has 5 heteroatoms. The van der Waals surface area contributed by atoms with Crippen molar-refractivity contribution in [1.29, 1.82) is 0 Å². The van der Waals surface area contributed by atoms with Crippen LogP contribution in [0.2, 0.25) is 0 Å². The third-order valence-electron chi connectivity index (χ3n) is 3.96. The number of hydrogen-bond acceptors (Lipinski definition) is 4. The van der Waals surface area contributed by atoms with E-state index < -0.39 is 0 Å². The Morgan fingerprint density at radius 3 is 2.68 bits per heavy atom. The molecule has 1 aliphatic rings. The number of hydrogen-bond donors (Lipinski definition) is 0. The molecule has 0 aliphatic carbocycles. The van der Waals surface area contributed by atoms with Crippen LogP contribution < -0.4 is 9.47 Å². The molecule has 1 amide bonds. The highest BCUT2D eigenvalue weighted by Crippen LogP contribution is 2.25. The second-order valence-corrected chi connectivity index (χ2v) is 5.58. The van der Waals surface area contributed by atoms with Gasteiger partial charge in [-0.15, -0.1) is 0 Å². The van der Waals surface area contributed by atoms with Gasteiger partial charge in [-0.1, -0.05) is 0 Å². The van der Waals surface area contributed by atoms with Gasteiger partial charge >= 0.3 is 0 Å². The van der Waals surface area contributed by atoms with Gasteiger partial charge in [0.25, 0.3) is 0 Å². The van der Waals surface area contributed by atoms with Crippen molar-refractivity contribution < 1.29 is 14.3 Å². The first-order valence-corrected chi connectivity index (χ1v) is 7.44. The van der Waals surface area contributed by atoms with E-state index in [0.29, 0.717) is 0 Å². The number of carbonyl (C=O) groups excluding carboxylic acids is 1. The molecule has 1 aromatic carbocycles. The SMILES string of the molecule is COc1ccc(OC)c(C=CC(=O)N2CCN(C)CC2C)c1. The fraction of sp³-hybridized carbons (Fsp3) is 0.471. The Morgan fingerprint density at radius 1 is 1.27 bits per heavy atom. The number of carbonyl (C=O) groups is 1. The number of benzene rings is 1. The predicted molar refractivity (Wildman–Crippen MR) is 87.3 cm³/mol. The van der Waals surface area contributed by atoms with Gasteiger partial charge in [0.15, 0.2) is 0 Å². The second-order valence-electron chi connectivity index (χ2n) is 5.58. The van der Waals surface area contributed by atoms with E-state index in [1.54, 1.807) is 26.4 Å². The zero-order valence-electron chi connectivity index (χ0n) is 13.7. The van der Waals surface area contributed by atoms with E-state index in [-0.39, 0.29) is 11.9 Å². The summed E-state index contributed by atoms with van der Waals surface area (Å²) in [5.74, 6) is 1.49. The van der Waals surface area contributed by atoms with Crippen LogP contribution in [-0.2, 0) is 4.79 Å². The van der Waals surface area contributed by atoms with Crippen molar-refractivity contribution in [2.24, 2.45) is 0 Å². The van der Waals surface area contributed by atoms with Crippen molar-refractivity contribution in [3.8, 4) is 11.5 Å². The molecule has 1 unspecified atom stereocenters. The normalized spacial score (nSPS) is 19.5. The Balaban J connectivity index is 2.12. The van der Waals surface area contributed by atoms with Gasteiger partial charge in [-0.25, -0.2) is 0 Å². The number of methoxy groups -OCH3 is 2. The number of rotatable bonds is 4. The lowest BCUT2D eigenvalue weighted by Gasteiger charge is -2.37. The molecular weight excluding hydrogens is 280 g/mol. The molecule has 1 atom stereocenters.